The first-order valence-electron chi connectivity index (χ1n) is 10.8. The highest BCUT2D eigenvalue weighted by molar-refractivity contribution is 6.04. The van der Waals surface area contributed by atoms with Gasteiger partial charge in [-0.25, -0.2) is 4.79 Å². The lowest BCUT2D eigenvalue weighted by atomic mass is 10.1. The third kappa shape index (κ3) is 6.83. The Kier molecular flexibility index (Phi) is 8.46. The Bertz CT molecular complexity index is 1030. The highest BCUT2D eigenvalue weighted by atomic mass is 16.5. The van der Waals surface area contributed by atoms with Crippen molar-refractivity contribution in [3.05, 3.63) is 59.7 Å². The van der Waals surface area contributed by atoms with Crippen molar-refractivity contribution in [2.75, 3.05) is 26.1 Å². The van der Waals surface area contributed by atoms with Crippen molar-refractivity contribution in [3.63, 3.8) is 0 Å². The van der Waals surface area contributed by atoms with Gasteiger partial charge in [0, 0.05) is 17.7 Å². The largest absolute Gasteiger partial charge is 0.497 e. The first kappa shape index (κ1) is 23.8. The van der Waals surface area contributed by atoms with Gasteiger partial charge in [0.25, 0.3) is 11.8 Å². The quantitative estimate of drug-likeness (QED) is 0.445. The molecule has 0 aromatic heterocycles. The Hall–Kier alpha value is -3.81. The SMILES string of the molecule is COc1ccc(OC)c(C=CC(=O)OCC(=O)Nc2ccccc2C(=O)NC2CCCC2)c1. The molecule has 1 aliphatic rings. The summed E-state index contributed by atoms with van der Waals surface area (Å²) in [6.45, 7) is -0.489. The van der Waals surface area contributed by atoms with Gasteiger partial charge in [-0.1, -0.05) is 25.0 Å². The van der Waals surface area contributed by atoms with E-state index in [0.29, 0.717) is 28.3 Å². The maximum atomic E-state index is 12.6. The van der Waals surface area contributed by atoms with Crippen LogP contribution in [0.2, 0.25) is 0 Å². The van der Waals surface area contributed by atoms with Crippen molar-refractivity contribution in [2.24, 2.45) is 0 Å². The molecule has 2 N–H and O–H groups in total. The minimum Gasteiger partial charge on any atom is -0.497 e. The molecule has 0 heterocycles. The molecule has 2 aromatic rings. The van der Waals surface area contributed by atoms with E-state index >= 15 is 0 Å². The number of carbonyl (C=O) groups is 3. The smallest absolute Gasteiger partial charge is 0.331 e. The van der Waals surface area contributed by atoms with E-state index in [2.05, 4.69) is 10.6 Å². The molecule has 0 radical (unpaired) electrons. The summed E-state index contributed by atoms with van der Waals surface area (Å²) in [6, 6.07) is 12.1. The Morgan fingerprint density at radius 1 is 1.03 bits per heavy atom. The Morgan fingerprint density at radius 2 is 1.79 bits per heavy atom. The molecular formula is C25H28N2O6. The maximum absolute atomic E-state index is 12.6. The lowest BCUT2D eigenvalue weighted by Crippen LogP contribution is -2.33. The van der Waals surface area contributed by atoms with E-state index in [9.17, 15) is 14.4 Å². The van der Waals surface area contributed by atoms with Crippen molar-refractivity contribution in [1.82, 2.24) is 5.32 Å². The average molecular weight is 453 g/mol. The number of methoxy groups -OCH3 is 2. The van der Waals surface area contributed by atoms with Gasteiger partial charge >= 0.3 is 5.97 Å². The zero-order valence-corrected chi connectivity index (χ0v) is 18.8. The number of ether oxygens (including phenoxy) is 3. The number of esters is 1. The van der Waals surface area contributed by atoms with Gasteiger partial charge in [-0.3, -0.25) is 9.59 Å². The minimum atomic E-state index is -0.692. The molecule has 2 amide bonds. The molecule has 3 rings (SSSR count). The number of hydrogen-bond acceptors (Lipinski definition) is 6. The van der Waals surface area contributed by atoms with Crippen LogP contribution in [-0.4, -0.2) is 44.7 Å². The summed E-state index contributed by atoms with van der Waals surface area (Å²) in [5, 5.41) is 5.65. The molecule has 0 bridgehead atoms. The van der Waals surface area contributed by atoms with Gasteiger partial charge < -0.3 is 24.8 Å². The molecule has 1 saturated carbocycles. The Labute approximate surface area is 192 Å². The Balaban J connectivity index is 1.55. The minimum absolute atomic E-state index is 0.164. The third-order valence-electron chi connectivity index (χ3n) is 5.32. The van der Waals surface area contributed by atoms with Gasteiger partial charge in [0.05, 0.1) is 25.5 Å². The summed E-state index contributed by atoms with van der Waals surface area (Å²) in [4.78, 5) is 37.0. The topological polar surface area (TPSA) is 103 Å². The predicted molar refractivity (Wildman–Crippen MR) is 124 cm³/mol. The van der Waals surface area contributed by atoms with E-state index in [-0.39, 0.29) is 11.9 Å². The monoisotopic (exact) mass is 452 g/mol. The number of carbonyl (C=O) groups excluding carboxylic acids is 3. The lowest BCUT2D eigenvalue weighted by molar-refractivity contribution is -0.142. The van der Waals surface area contributed by atoms with E-state index in [1.54, 1.807) is 49.6 Å². The molecule has 0 aliphatic heterocycles. The van der Waals surface area contributed by atoms with Crippen LogP contribution in [0.1, 0.15) is 41.6 Å². The fraction of sp³-hybridized carbons (Fsp3) is 0.320. The fourth-order valence-electron chi connectivity index (χ4n) is 3.62. The number of anilines is 1. The molecule has 8 heteroatoms. The summed E-state index contributed by atoms with van der Waals surface area (Å²) in [5.41, 5.74) is 1.36. The number of benzene rings is 2. The van der Waals surface area contributed by atoms with Crippen LogP contribution in [0.25, 0.3) is 6.08 Å². The summed E-state index contributed by atoms with van der Waals surface area (Å²) in [6.07, 6.45) is 6.86. The lowest BCUT2D eigenvalue weighted by Gasteiger charge is -2.15. The van der Waals surface area contributed by atoms with Crippen LogP contribution in [0.4, 0.5) is 5.69 Å². The molecule has 174 valence electrons. The summed E-state index contributed by atoms with van der Waals surface area (Å²) in [7, 11) is 3.06. The molecule has 2 aromatic carbocycles. The van der Waals surface area contributed by atoms with Gasteiger partial charge in [0.1, 0.15) is 11.5 Å². The van der Waals surface area contributed by atoms with Crippen LogP contribution in [0, 0.1) is 0 Å². The van der Waals surface area contributed by atoms with Crippen LogP contribution in [0.3, 0.4) is 0 Å². The molecule has 0 atom stereocenters. The van der Waals surface area contributed by atoms with Crippen LogP contribution >= 0.6 is 0 Å². The van der Waals surface area contributed by atoms with Gasteiger partial charge in [0.2, 0.25) is 0 Å². The summed E-state index contributed by atoms with van der Waals surface area (Å²) >= 11 is 0. The molecule has 0 spiro atoms. The molecule has 1 fully saturated rings. The summed E-state index contributed by atoms with van der Waals surface area (Å²) < 4.78 is 15.5. The molecule has 0 saturated heterocycles. The van der Waals surface area contributed by atoms with Crippen molar-refractivity contribution < 1.29 is 28.6 Å². The number of para-hydroxylation sites is 1. The first-order valence-corrected chi connectivity index (χ1v) is 10.8. The first-order chi connectivity index (χ1) is 16.0. The highest BCUT2D eigenvalue weighted by Crippen LogP contribution is 2.25. The zero-order chi connectivity index (χ0) is 23.6. The number of rotatable bonds is 9. The van der Waals surface area contributed by atoms with E-state index in [4.69, 9.17) is 14.2 Å². The Morgan fingerprint density at radius 3 is 2.52 bits per heavy atom. The van der Waals surface area contributed by atoms with Crippen LogP contribution in [0.15, 0.2) is 48.5 Å². The number of amides is 2. The summed E-state index contributed by atoms with van der Waals surface area (Å²) in [5.74, 6) is -0.298. The number of nitrogens with one attached hydrogen (secondary N) is 2. The van der Waals surface area contributed by atoms with Crippen LogP contribution < -0.4 is 20.1 Å². The number of hydrogen-bond donors (Lipinski definition) is 2. The molecular weight excluding hydrogens is 424 g/mol. The second-order valence-electron chi connectivity index (χ2n) is 7.60. The highest BCUT2D eigenvalue weighted by Gasteiger charge is 2.20. The molecule has 1 aliphatic carbocycles. The standard InChI is InChI=1S/C25H28N2O6/c1-31-19-12-13-22(32-2)17(15-19)11-14-24(29)33-16-23(28)27-21-10-6-5-9-20(21)25(30)26-18-7-3-4-8-18/h5-6,9-15,18H,3-4,7-8,16H2,1-2H3,(H,26,30)(H,27,28). The van der Waals surface area contributed by atoms with Gasteiger partial charge in [-0.2, -0.15) is 0 Å². The van der Waals surface area contributed by atoms with E-state index < -0.39 is 18.5 Å². The second-order valence-corrected chi connectivity index (χ2v) is 7.60. The van der Waals surface area contributed by atoms with Crippen molar-refractivity contribution in [1.29, 1.82) is 0 Å². The van der Waals surface area contributed by atoms with Crippen LogP contribution in [-0.2, 0) is 14.3 Å². The predicted octanol–water partition coefficient (Wildman–Crippen LogP) is 3.57. The second kappa shape index (κ2) is 11.7. The molecule has 8 nitrogen and oxygen atoms in total. The van der Waals surface area contributed by atoms with Crippen molar-refractivity contribution in [2.45, 2.75) is 31.7 Å². The van der Waals surface area contributed by atoms with Gasteiger partial charge in [-0.05, 0) is 49.2 Å². The van der Waals surface area contributed by atoms with Crippen molar-refractivity contribution >= 4 is 29.5 Å². The van der Waals surface area contributed by atoms with E-state index in [1.165, 1.54) is 19.3 Å². The average Bonchev–Trinajstić information content (AvgIpc) is 3.34. The van der Waals surface area contributed by atoms with Crippen LogP contribution in [0.5, 0.6) is 11.5 Å². The van der Waals surface area contributed by atoms with Crippen molar-refractivity contribution in [3.8, 4) is 11.5 Å². The normalized spacial score (nSPS) is 13.5. The van der Waals surface area contributed by atoms with Gasteiger partial charge in [-0.15, -0.1) is 0 Å². The van der Waals surface area contributed by atoms with E-state index in [0.717, 1.165) is 25.7 Å². The molecule has 0 unspecified atom stereocenters. The zero-order valence-electron chi connectivity index (χ0n) is 18.8. The third-order valence-corrected chi connectivity index (χ3v) is 5.32. The fourth-order valence-corrected chi connectivity index (χ4v) is 3.62. The maximum Gasteiger partial charge on any atom is 0.331 e. The van der Waals surface area contributed by atoms with E-state index in [1.807, 2.05) is 0 Å². The molecule has 33 heavy (non-hydrogen) atoms. The van der Waals surface area contributed by atoms with Gasteiger partial charge in [0.15, 0.2) is 6.61 Å².